The summed E-state index contributed by atoms with van der Waals surface area (Å²) in [5.41, 5.74) is -0.893. The number of sulfonamides is 1. The quantitative estimate of drug-likeness (QED) is 0.827. The summed E-state index contributed by atoms with van der Waals surface area (Å²) in [6, 6.07) is 0.549. The van der Waals surface area contributed by atoms with Gasteiger partial charge in [0.15, 0.2) is 11.6 Å². The summed E-state index contributed by atoms with van der Waals surface area (Å²) in [5, 5.41) is 6.62. The van der Waals surface area contributed by atoms with Crippen molar-refractivity contribution in [2.24, 2.45) is 5.14 Å². The number of primary sulfonamides is 1. The smallest absolute Gasteiger partial charge is 0.253 e. The molecule has 1 aliphatic rings. The van der Waals surface area contributed by atoms with Crippen molar-refractivity contribution in [1.29, 1.82) is 0 Å². The van der Waals surface area contributed by atoms with Crippen LogP contribution in [-0.4, -0.2) is 19.9 Å². The Kier molecular flexibility index (Phi) is 3.52. The Labute approximate surface area is 119 Å². The van der Waals surface area contributed by atoms with Gasteiger partial charge < -0.3 is 5.32 Å². The molecule has 2 rings (SSSR count). The molecular formula is C11H11ClF2N2O3S. The molecule has 0 saturated heterocycles. The molecule has 0 aromatic heterocycles. The fourth-order valence-corrected chi connectivity index (χ4v) is 2.90. The van der Waals surface area contributed by atoms with Crippen molar-refractivity contribution in [1.82, 2.24) is 5.32 Å². The lowest BCUT2D eigenvalue weighted by molar-refractivity contribution is 0.0934. The minimum absolute atomic E-state index is 0.424. The molecule has 20 heavy (non-hydrogen) atoms. The van der Waals surface area contributed by atoms with Crippen molar-refractivity contribution in [3.05, 3.63) is 28.3 Å². The van der Waals surface area contributed by atoms with E-state index in [0.29, 0.717) is 6.07 Å². The molecule has 0 aliphatic heterocycles. The van der Waals surface area contributed by atoms with Crippen molar-refractivity contribution < 1.29 is 22.0 Å². The molecule has 9 heteroatoms. The molecule has 0 atom stereocenters. The van der Waals surface area contributed by atoms with Crippen LogP contribution in [-0.2, 0) is 10.0 Å². The first-order valence-electron chi connectivity index (χ1n) is 5.58. The number of hydrogen-bond acceptors (Lipinski definition) is 3. The molecule has 1 saturated carbocycles. The molecule has 3 N–H and O–H groups in total. The van der Waals surface area contributed by atoms with E-state index in [0.717, 1.165) is 12.8 Å². The van der Waals surface area contributed by atoms with E-state index in [2.05, 4.69) is 5.32 Å². The van der Waals surface area contributed by atoms with Crippen molar-refractivity contribution >= 4 is 27.5 Å². The van der Waals surface area contributed by atoms with Gasteiger partial charge in [-0.3, -0.25) is 4.79 Å². The van der Waals surface area contributed by atoms with Gasteiger partial charge in [-0.05, 0) is 25.8 Å². The minimum atomic E-state index is -4.60. The highest BCUT2D eigenvalue weighted by molar-refractivity contribution is 7.89. The van der Waals surface area contributed by atoms with Gasteiger partial charge in [0, 0.05) is 5.54 Å². The summed E-state index contributed by atoms with van der Waals surface area (Å²) in [7, 11) is -4.60. The van der Waals surface area contributed by atoms with E-state index in [1.54, 1.807) is 6.92 Å². The third-order valence-electron chi connectivity index (χ3n) is 3.06. The third-order valence-corrected chi connectivity index (χ3v) is 4.52. The fraction of sp³-hybridized carbons (Fsp3) is 0.364. The molecule has 0 unspecified atom stereocenters. The number of hydrogen-bond donors (Lipinski definition) is 2. The standard InChI is InChI=1S/C11H11ClF2N2O3S/c1-11(2-3-11)16-10(17)5-4-6(13)8(14)9(7(5)12)20(15,18)19/h4H,2-3H2,1H3,(H,16,17)(H2,15,18,19). The molecular weight excluding hydrogens is 314 g/mol. The molecule has 110 valence electrons. The maximum absolute atomic E-state index is 13.5. The van der Waals surface area contributed by atoms with Crippen molar-refractivity contribution in [3.8, 4) is 0 Å². The number of nitrogens with one attached hydrogen (secondary N) is 1. The number of rotatable bonds is 3. The van der Waals surface area contributed by atoms with Gasteiger partial charge in [0.05, 0.1) is 10.6 Å². The van der Waals surface area contributed by atoms with E-state index < -0.39 is 48.6 Å². The Morgan fingerprint density at radius 2 is 2.00 bits per heavy atom. The van der Waals surface area contributed by atoms with Crippen LogP contribution in [0.1, 0.15) is 30.1 Å². The van der Waals surface area contributed by atoms with Crippen molar-refractivity contribution in [3.63, 3.8) is 0 Å². The van der Waals surface area contributed by atoms with Gasteiger partial charge >= 0.3 is 0 Å². The summed E-state index contributed by atoms with van der Waals surface area (Å²) >= 11 is 5.69. The van der Waals surface area contributed by atoms with E-state index in [9.17, 15) is 22.0 Å². The lowest BCUT2D eigenvalue weighted by atomic mass is 10.1. The Bertz CT molecular complexity index is 702. The van der Waals surface area contributed by atoms with Crippen LogP contribution in [0.25, 0.3) is 0 Å². The lowest BCUT2D eigenvalue weighted by Gasteiger charge is -2.14. The van der Waals surface area contributed by atoms with Gasteiger partial charge in [0.25, 0.3) is 5.91 Å². The summed E-state index contributed by atoms with van der Waals surface area (Å²) in [6.45, 7) is 1.76. The van der Waals surface area contributed by atoms with Crippen LogP contribution in [0.2, 0.25) is 5.02 Å². The van der Waals surface area contributed by atoms with Gasteiger partial charge in [0.1, 0.15) is 4.90 Å². The Balaban J connectivity index is 2.55. The average molecular weight is 325 g/mol. The van der Waals surface area contributed by atoms with E-state index in [1.807, 2.05) is 0 Å². The number of benzene rings is 1. The SMILES string of the molecule is CC1(NC(=O)c2cc(F)c(F)c(S(N)(=O)=O)c2Cl)CC1. The predicted molar refractivity (Wildman–Crippen MR) is 67.8 cm³/mol. The Morgan fingerprint density at radius 1 is 1.45 bits per heavy atom. The third kappa shape index (κ3) is 2.77. The zero-order valence-corrected chi connectivity index (χ0v) is 11.9. The second-order valence-electron chi connectivity index (χ2n) is 4.92. The highest BCUT2D eigenvalue weighted by atomic mass is 35.5. The second kappa shape index (κ2) is 4.64. The molecule has 0 bridgehead atoms. The van der Waals surface area contributed by atoms with Crippen LogP contribution in [0.4, 0.5) is 8.78 Å². The number of amides is 1. The van der Waals surface area contributed by atoms with E-state index in [1.165, 1.54) is 0 Å². The molecule has 1 amide bonds. The molecule has 0 spiro atoms. The van der Waals surface area contributed by atoms with Gasteiger partial charge in [-0.2, -0.15) is 0 Å². The largest absolute Gasteiger partial charge is 0.347 e. The van der Waals surface area contributed by atoms with Crippen LogP contribution in [0.5, 0.6) is 0 Å². The Morgan fingerprint density at radius 3 is 2.45 bits per heavy atom. The van der Waals surface area contributed by atoms with Crippen molar-refractivity contribution in [2.45, 2.75) is 30.2 Å². The topological polar surface area (TPSA) is 89.3 Å². The summed E-state index contributed by atoms with van der Waals surface area (Å²) in [5.74, 6) is -3.99. The molecule has 1 aromatic rings. The molecule has 5 nitrogen and oxygen atoms in total. The number of carbonyl (C=O) groups excluding carboxylic acids is 1. The zero-order valence-electron chi connectivity index (χ0n) is 10.3. The normalized spacial score (nSPS) is 16.9. The molecule has 1 aliphatic carbocycles. The minimum Gasteiger partial charge on any atom is -0.347 e. The van der Waals surface area contributed by atoms with Crippen LogP contribution < -0.4 is 10.5 Å². The van der Waals surface area contributed by atoms with Gasteiger partial charge in [0.2, 0.25) is 10.0 Å². The molecule has 0 radical (unpaired) electrons. The summed E-state index contributed by atoms with van der Waals surface area (Å²) in [6.07, 6.45) is 1.48. The molecule has 0 heterocycles. The van der Waals surface area contributed by atoms with Crippen LogP contribution in [0.3, 0.4) is 0 Å². The zero-order chi connectivity index (χ0) is 15.3. The maximum atomic E-state index is 13.5. The summed E-state index contributed by atoms with van der Waals surface area (Å²) < 4.78 is 49.4. The first-order valence-corrected chi connectivity index (χ1v) is 7.50. The van der Waals surface area contributed by atoms with Crippen LogP contribution >= 0.6 is 11.6 Å². The fourth-order valence-electron chi connectivity index (χ4n) is 1.65. The number of nitrogens with two attached hydrogens (primary N) is 1. The highest BCUT2D eigenvalue weighted by Crippen LogP contribution is 2.36. The monoisotopic (exact) mass is 324 g/mol. The Hall–Kier alpha value is -1.25. The van der Waals surface area contributed by atoms with E-state index >= 15 is 0 Å². The van der Waals surface area contributed by atoms with Gasteiger partial charge in [-0.15, -0.1) is 0 Å². The first kappa shape index (κ1) is 15.1. The highest BCUT2D eigenvalue weighted by Gasteiger charge is 2.39. The average Bonchev–Trinajstić information content (AvgIpc) is 2.99. The lowest BCUT2D eigenvalue weighted by Crippen LogP contribution is -2.34. The van der Waals surface area contributed by atoms with Gasteiger partial charge in [-0.1, -0.05) is 11.6 Å². The number of halogens is 3. The van der Waals surface area contributed by atoms with Crippen LogP contribution in [0, 0.1) is 11.6 Å². The van der Waals surface area contributed by atoms with Crippen molar-refractivity contribution in [2.75, 3.05) is 0 Å². The van der Waals surface area contributed by atoms with Crippen LogP contribution in [0.15, 0.2) is 11.0 Å². The van der Waals surface area contributed by atoms with E-state index in [-0.39, 0.29) is 0 Å². The van der Waals surface area contributed by atoms with E-state index in [4.69, 9.17) is 16.7 Å². The number of carbonyl (C=O) groups is 1. The predicted octanol–water partition coefficient (Wildman–Crippen LogP) is 1.55. The summed E-state index contributed by atoms with van der Waals surface area (Å²) in [4.78, 5) is 10.7. The first-order chi connectivity index (χ1) is 9.05. The maximum Gasteiger partial charge on any atom is 0.253 e. The molecule has 1 fully saturated rings. The molecule has 1 aromatic carbocycles. The second-order valence-corrected chi connectivity index (χ2v) is 6.80. The van der Waals surface area contributed by atoms with Gasteiger partial charge in [-0.25, -0.2) is 22.3 Å².